The number of benzene rings is 3. The maximum Gasteiger partial charge on any atom is 0.238 e. The minimum atomic E-state index is -3.91. The van der Waals surface area contributed by atoms with Crippen LogP contribution in [0.15, 0.2) is 70.2 Å². The van der Waals surface area contributed by atoms with Gasteiger partial charge in [-0.2, -0.15) is 0 Å². The van der Waals surface area contributed by atoms with E-state index in [0.717, 1.165) is 5.39 Å². The Morgan fingerprint density at radius 1 is 1.00 bits per heavy atom. The van der Waals surface area contributed by atoms with Crippen molar-refractivity contribution in [3.05, 3.63) is 81.5 Å². The van der Waals surface area contributed by atoms with Gasteiger partial charge >= 0.3 is 0 Å². The van der Waals surface area contributed by atoms with E-state index >= 15 is 0 Å². The summed E-state index contributed by atoms with van der Waals surface area (Å²) in [4.78, 5) is 12.5. The number of rotatable bonds is 6. The standard InChI is InChI=1S/C22H15Cl3N2O5S/c23-14-8-15(24)10-16(9-14)32-20-6-12(5-13-3-4-31-22(13)20)7-21(28)27-19-2-1-17(11-18(19)25)33(26,29)30/h1-6,8-11H,7H2,(H,27,28)(H2,26,29,30). The summed E-state index contributed by atoms with van der Waals surface area (Å²) in [5.74, 6) is 0.419. The molecule has 0 saturated heterocycles. The first kappa shape index (κ1) is 23.4. The molecule has 33 heavy (non-hydrogen) atoms. The fourth-order valence-electron chi connectivity index (χ4n) is 3.15. The van der Waals surface area contributed by atoms with E-state index in [0.29, 0.717) is 32.7 Å². The molecule has 3 aromatic carbocycles. The van der Waals surface area contributed by atoms with Gasteiger partial charge in [-0.3, -0.25) is 4.79 Å². The van der Waals surface area contributed by atoms with Gasteiger partial charge in [-0.1, -0.05) is 34.8 Å². The number of halogens is 3. The Bertz CT molecular complexity index is 1460. The van der Waals surface area contributed by atoms with Crippen molar-refractivity contribution in [1.29, 1.82) is 0 Å². The van der Waals surface area contributed by atoms with Crippen LogP contribution in [0.25, 0.3) is 11.0 Å². The number of amides is 1. The van der Waals surface area contributed by atoms with Gasteiger partial charge in [-0.25, -0.2) is 13.6 Å². The molecular weight excluding hydrogens is 511 g/mol. The lowest BCUT2D eigenvalue weighted by Gasteiger charge is -2.11. The molecule has 1 heterocycles. The third kappa shape index (κ3) is 5.61. The molecule has 0 atom stereocenters. The lowest BCUT2D eigenvalue weighted by atomic mass is 10.1. The first-order valence-corrected chi connectivity index (χ1v) is 12.0. The third-order valence-corrected chi connectivity index (χ3v) is 6.21. The molecule has 0 aliphatic rings. The van der Waals surface area contributed by atoms with Crippen molar-refractivity contribution < 1.29 is 22.4 Å². The number of sulfonamides is 1. The van der Waals surface area contributed by atoms with Gasteiger partial charge in [0.05, 0.1) is 28.3 Å². The average molecular weight is 526 g/mol. The molecule has 11 heteroatoms. The zero-order valence-corrected chi connectivity index (χ0v) is 19.7. The minimum absolute atomic E-state index is 0.0128. The molecule has 7 nitrogen and oxygen atoms in total. The van der Waals surface area contributed by atoms with Gasteiger partial charge in [-0.15, -0.1) is 0 Å². The van der Waals surface area contributed by atoms with Gasteiger partial charge in [-0.05, 0) is 60.2 Å². The number of ether oxygens (including phenoxy) is 1. The monoisotopic (exact) mass is 524 g/mol. The topological polar surface area (TPSA) is 112 Å². The summed E-state index contributed by atoms with van der Waals surface area (Å²) in [6.07, 6.45) is 1.50. The molecule has 0 saturated carbocycles. The highest BCUT2D eigenvalue weighted by atomic mass is 35.5. The molecule has 0 aliphatic heterocycles. The highest BCUT2D eigenvalue weighted by molar-refractivity contribution is 7.89. The van der Waals surface area contributed by atoms with Crippen LogP contribution in [-0.4, -0.2) is 14.3 Å². The number of fused-ring (bicyclic) bond motifs is 1. The number of hydrogen-bond donors (Lipinski definition) is 2. The number of carbonyl (C=O) groups excluding carboxylic acids is 1. The second-order valence-electron chi connectivity index (χ2n) is 7.05. The summed E-state index contributed by atoms with van der Waals surface area (Å²) in [5.41, 5.74) is 1.39. The van der Waals surface area contributed by atoms with E-state index in [4.69, 9.17) is 49.1 Å². The molecule has 170 valence electrons. The first-order valence-electron chi connectivity index (χ1n) is 9.35. The maximum atomic E-state index is 12.6. The minimum Gasteiger partial charge on any atom is -0.460 e. The van der Waals surface area contributed by atoms with E-state index in [-0.39, 0.29) is 27.9 Å². The molecule has 3 N–H and O–H groups in total. The molecule has 0 unspecified atom stereocenters. The molecule has 0 radical (unpaired) electrons. The smallest absolute Gasteiger partial charge is 0.238 e. The van der Waals surface area contributed by atoms with Crippen molar-refractivity contribution in [1.82, 2.24) is 0 Å². The number of primary sulfonamides is 1. The maximum absolute atomic E-state index is 12.6. The Kier molecular flexibility index (Phi) is 6.56. The molecule has 4 rings (SSSR count). The second-order valence-corrected chi connectivity index (χ2v) is 9.89. The van der Waals surface area contributed by atoms with Crippen molar-refractivity contribution in [2.24, 2.45) is 5.14 Å². The Morgan fingerprint density at radius 2 is 1.73 bits per heavy atom. The van der Waals surface area contributed by atoms with E-state index in [1.54, 1.807) is 36.4 Å². The highest BCUT2D eigenvalue weighted by Crippen LogP contribution is 2.35. The third-order valence-electron chi connectivity index (χ3n) is 4.55. The van der Waals surface area contributed by atoms with Crippen LogP contribution < -0.4 is 15.2 Å². The van der Waals surface area contributed by atoms with E-state index in [1.807, 2.05) is 0 Å². The van der Waals surface area contributed by atoms with Crippen LogP contribution in [0.3, 0.4) is 0 Å². The van der Waals surface area contributed by atoms with Crippen LogP contribution in [0.1, 0.15) is 5.56 Å². The Balaban J connectivity index is 1.57. The SMILES string of the molecule is NS(=O)(=O)c1ccc(NC(=O)Cc2cc(Oc3cc(Cl)cc(Cl)c3)c3occc3c2)c(Cl)c1. The van der Waals surface area contributed by atoms with Crippen molar-refractivity contribution >= 4 is 67.4 Å². The number of nitrogens with one attached hydrogen (secondary N) is 1. The molecule has 0 bridgehead atoms. The summed E-state index contributed by atoms with van der Waals surface area (Å²) >= 11 is 18.2. The van der Waals surface area contributed by atoms with Gasteiger partial charge in [0, 0.05) is 15.4 Å². The summed E-state index contributed by atoms with van der Waals surface area (Å²) in [7, 11) is -3.91. The zero-order valence-electron chi connectivity index (χ0n) is 16.6. The molecular formula is C22H15Cl3N2O5S. The van der Waals surface area contributed by atoms with Crippen molar-refractivity contribution in [3.8, 4) is 11.5 Å². The van der Waals surface area contributed by atoms with E-state index in [1.165, 1.54) is 24.5 Å². The van der Waals surface area contributed by atoms with Gasteiger partial charge in [0.1, 0.15) is 5.75 Å². The van der Waals surface area contributed by atoms with Crippen LogP contribution >= 0.6 is 34.8 Å². The summed E-state index contributed by atoms with van der Waals surface area (Å²) in [5, 5.41) is 9.35. The van der Waals surface area contributed by atoms with Gasteiger partial charge in [0.2, 0.25) is 15.9 Å². The van der Waals surface area contributed by atoms with Crippen molar-refractivity contribution in [2.75, 3.05) is 5.32 Å². The predicted molar refractivity (Wildman–Crippen MR) is 128 cm³/mol. The van der Waals surface area contributed by atoms with Crippen LogP contribution in [-0.2, 0) is 21.2 Å². The fraction of sp³-hybridized carbons (Fsp3) is 0.0455. The zero-order chi connectivity index (χ0) is 23.8. The van der Waals surface area contributed by atoms with Crippen LogP contribution in [0, 0.1) is 0 Å². The van der Waals surface area contributed by atoms with E-state index in [2.05, 4.69) is 5.32 Å². The molecule has 4 aromatic rings. The summed E-state index contributed by atoms with van der Waals surface area (Å²) in [6, 6.07) is 13.8. The summed E-state index contributed by atoms with van der Waals surface area (Å²) in [6.45, 7) is 0. The molecule has 1 aromatic heterocycles. The van der Waals surface area contributed by atoms with Gasteiger partial charge in [0.25, 0.3) is 0 Å². The highest BCUT2D eigenvalue weighted by Gasteiger charge is 2.15. The predicted octanol–water partition coefficient (Wildman–Crippen LogP) is 6.01. The van der Waals surface area contributed by atoms with E-state index < -0.39 is 10.0 Å². The molecule has 0 aliphatic carbocycles. The average Bonchev–Trinajstić information content (AvgIpc) is 3.17. The Labute approximate surface area is 204 Å². The molecule has 0 spiro atoms. The largest absolute Gasteiger partial charge is 0.460 e. The second kappa shape index (κ2) is 9.24. The molecule has 0 fully saturated rings. The van der Waals surface area contributed by atoms with Crippen LogP contribution in [0.5, 0.6) is 11.5 Å². The fourth-order valence-corrected chi connectivity index (χ4v) is 4.49. The Morgan fingerprint density at radius 3 is 2.39 bits per heavy atom. The van der Waals surface area contributed by atoms with Crippen molar-refractivity contribution in [2.45, 2.75) is 11.3 Å². The molecule has 1 amide bonds. The van der Waals surface area contributed by atoms with Crippen LogP contribution in [0.2, 0.25) is 15.1 Å². The lowest BCUT2D eigenvalue weighted by Crippen LogP contribution is -2.16. The van der Waals surface area contributed by atoms with Gasteiger partial charge < -0.3 is 14.5 Å². The Hall–Kier alpha value is -2.75. The number of nitrogens with two attached hydrogens (primary N) is 1. The summed E-state index contributed by atoms with van der Waals surface area (Å²) < 4.78 is 34.3. The number of hydrogen-bond acceptors (Lipinski definition) is 5. The normalized spacial score (nSPS) is 11.5. The quantitative estimate of drug-likeness (QED) is 0.320. The number of furan rings is 1. The van der Waals surface area contributed by atoms with Crippen molar-refractivity contribution in [3.63, 3.8) is 0 Å². The van der Waals surface area contributed by atoms with Gasteiger partial charge in [0.15, 0.2) is 11.3 Å². The number of anilines is 1. The van der Waals surface area contributed by atoms with Crippen LogP contribution in [0.4, 0.5) is 5.69 Å². The lowest BCUT2D eigenvalue weighted by molar-refractivity contribution is -0.115. The number of carbonyl (C=O) groups is 1. The van der Waals surface area contributed by atoms with E-state index in [9.17, 15) is 13.2 Å². The first-order chi connectivity index (χ1) is 15.6.